The van der Waals surface area contributed by atoms with Gasteiger partial charge >= 0.3 is 0 Å². The topological polar surface area (TPSA) is 76.1 Å². The molecule has 1 atom stereocenters. The van der Waals surface area contributed by atoms with Crippen LogP contribution in [0.2, 0.25) is 0 Å². The number of carbonyl (C=O) groups excluding carboxylic acids is 1. The van der Waals surface area contributed by atoms with Gasteiger partial charge in [0.15, 0.2) is 0 Å². The molecular weight excluding hydrogens is 316 g/mol. The lowest BCUT2D eigenvalue weighted by Crippen LogP contribution is -2.32. The molecule has 2 N–H and O–H groups in total. The number of nitrogens with zero attached hydrogens (tertiary/aromatic N) is 2. The first-order valence-corrected chi connectivity index (χ1v) is 8.55. The third kappa shape index (κ3) is 5.74. The predicted molar refractivity (Wildman–Crippen MR) is 99.2 cm³/mol. The van der Waals surface area contributed by atoms with Crippen LogP contribution >= 0.6 is 0 Å². The molecule has 0 saturated carbocycles. The Morgan fingerprint density at radius 2 is 2.08 bits per heavy atom. The molecule has 6 nitrogen and oxygen atoms in total. The van der Waals surface area contributed by atoms with Gasteiger partial charge in [0.2, 0.25) is 0 Å². The Morgan fingerprint density at radius 3 is 2.80 bits per heavy atom. The number of carbonyl (C=O) groups is 1. The Balaban J connectivity index is 1.98. The molecule has 0 aliphatic carbocycles. The Labute approximate surface area is 149 Å². The predicted octanol–water partition coefficient (Wildman–Crippen LogP) is 2.98. The van der Waals surface area contributed by atoms with Crippen LogP contribution in [0.15, 0.2) is 30.3 Å². The van der Waals surface area contributed by atoms with Crippen LogP contribution in [0.25, 0.3) is 0 Å². The number of amides is 1. The van der Waals surface area contributed by atoms with Crippen molar-refractivity contribution in [1.29, 1.82) is 0 Å². The molecule has 2 aromatic rings. The van der Waals surface area contributed by atoms with Crippen molar-refractivity contribution in [3.8, 4) is 5.75 Å². The van der Waals surface area contributed by atoms with E-state index in [1.54, 1.807) is 20.1 Å². The van der Waals surface area contributed by atoms with Crippen LogP contribution < -0.4 is 15.4 Å². The third-order valence-corrected chi connectivity index (χ3v) is 3.91. The number of aromatic nitrogens is 2. The Kier molecular flexibility index (Phi) is 6.74. The Hall–Kier alpha value is -2.63. The van der Waals surface area contributed by atoms with E-state index in [9.17, 15) is 4.79 Å². The van der Waals surface area contributed by atoms with Crippen LogP contribution in [-0.4, -0.2) is 35.6 Å². The summed E-state index contributed by atoms with van der Waals surface area (Å²) in [5, 5.41) is 6.19. The number of rotatable bonds is 8. The average molecular weight is 342 g/mol. The summed E-state index contributed by atoms with van der Waals surface area (Å²) in [5.41, 5.74) is 1.56. The van der Waals surface area contributed by atoms with Gasteiger partial charge in [0.25, 0.3) is 5.91 Å². The maximum Gasteiger partial charge on any atom is 0.270 e. The highest BCUT2D eigenvalue weighted by Gasteiger charge is 2.12. The maximum atomic E-state index is 12.2. The lowest BCUT2D eigenvalue weighted by molar-refractivity contribution is 0.0934. The summed E-state index contributed by atoms with van der Waals surface area (Å²) in [6, 6.07) is 9.77. The number of nitrogens with one attached hydrogen (secondary N) is 2. The lowest BCUT2D eigenvalue weighted by Gasteiger charge is -2.12. The van der Waals surface area contributed by atoms with E-state index >= 15 is 0 Å². The van der Waals surface area contributed by atoms with Crippen LogP contribution in [0.4, 0.5) is 5.82 Å². The minimum atomic E-state index is -0.171. The molecule has 0 spiro atoms. The second-order valence-corrected chi connectivity index (χ2v) is 6.00. The smallest absolute Gasteiger partial charge is 0.270 e. The molecule has 0 fully saturated rings. The van der Waals surface area contributed by atoms with Crippen LogP contribution in [-0.2, 0) is 6.42 Å². The van der Waals surface area contributed by atoms with E-state index in [0.717, 1.165) is 18.6 Å². The molecule has 6 heteroatoms. The molecule has 0 radical (unpaired) electrons. The molecule has 0 saturated heterocycles. The second kappa shape index (κ2) is 9.01. The van der Waals surface area contributed by atoms with E-state index in [1.165, 1.54) is 5.56 Å². The summed E-state index contributed by atoms with van der Waals surface area (Å²) in [5.74, 6) is 1.90. The molecule has 25 heavy (non-hydrogen) atoms. The normalized spacial score (nSPS) is 11.7. The largest absolute Gasteiger partial charge is 0.497 e. The van der Waals surface area contributed by atoms with Crippen LogP contribution in [0, 0.1) is 6.92 Å². The van der Waals surface area contributed by atoms with Crippen molar-refractivity contribution >= 4 is 11.7 Å². The summed E-state index contributed by atoms with van der Waals surface area (Å²) < 4.78 is 5.23. The van der Waals surface area contributed by atoms with Gasteiger partial charge in [0.1, 0.15) is 23.1 Å². The van der Waals surface area contributed by atoms with Gasteiger partial charge in [0, 0.05) is 18.7 Å². The van der Waals surface area contributed by atoms with Gasteiger partial charge in [-0.15, -0.1) is 0 Å². The fourth-order valence-corrected chi connectivity index (χ4v) is 2.34. The minimum absolute atomic E-state index is 0.118. The third-order valence-electron chi connectivity index (χ3n) is 3.91. The maximum absolute atomic E-state index is 12.2. The summed E-state index contributed by atoms with van der Waals surface area (Å²) >= 11 is 0. The van der Waals surface area contributed by atoms with Crippen LogP contribution in [0.3, 0.4) is 0 Å². The Bertz CT molecular complexity index is 718. The number of aryl methyl sites for hydroxylation is 1. The first-order chi connectivity index (χ1) is 12.0. The quantitative estimate of drug-likeness (QED) is 0.771. The van der Waals surface area contributed by atoms with E-state index in [4.69, 9.17) is 4.74 Å². The SMILES string of the molecule is CCC(C)NC(=O)c1cc(NCCc2cccc(OC)c2)nc(C)n1. The molecular formula is C19H26N4O2. The molecule has 1 amide bonds. The number of anilines is 1. The average Bonchev–Trinajstić information content (AvgIpc) is 2.61. The second-order valence-electron chi connectivity index (χ2n) is 6.00. The molecule has 1 aromatic heterocycles. The standard InChI is InChI=1S/C19H26N4O2/c1-5-13(2)21-19(24)17-12-18(23-14(3)22-17)20-10-9-15-7-6-8-16(11-15)25-4/h6-8,11-13H,5,9-10H2,1-4H3,(H,21,24)(H,20,22,23). The summed E-state index contributed by atoms with van der Waals surface area (Å²) in [6.45, 7) is 6.49. The van der Waals surface area contributed by atoms with E-state index in [1.807, 2.05) is 32.0 Å². The van der Waals surface area contributed by atoms with Crippen molar-refractivity contribution in [2.24, 2.45) is 0 Å². The minimum Gasteiger partial charge on any atom is -0.497 e. The molecule has 0 aliphatic heterocycles. The van der Waals surface area contributed by atoms with Gasteiger partial charge in [-0.25, -0.2) is 9.97 Å². The summed E-state index contributed by atoms with van der Waals surface area (Å²) in [6.07, 6.45) is 1.70. The number of hydrogen-bond acceptors (Lipinski definition) is 5. The first-order valence-electron chi connectivity index (χ1n) is 8.55. The molecule has 134 valence electrons. The van der Waals surface area contributed by atoms with Gasteiger partial charge in [0.05, 0.1) is 7.11 Å². The zero-order valence-corrected chi connectivity index (χ0v) is 15.3. The molecule has 1 heterocycles. The van der Waals surface area contributed by atoms with Gasteiger partial charge in [-0.1, -0.05) is 19.1 Å². The molecule has 2 rings (SSSR count). The van der Waals surface area contributed by atoms with Crippen LogP contribution in [0.5, 0.6) is 5.75 Å². The zero-order chi connectivity index (χ0) is 18.2. The lowest BCUT2D eigenvalue weighted by atomic mass is 10.1. The molecule has 1 unspecified atom stereocenters. The molecule has 0 bridgehead atoms. The van der Waals surface area contributed by atoms with Crippen molar-refractivity contribution in [2.75, 3.05) is 19.0 Å². The fourth-order valence-electron chi connectivity index (χ4n) is 2.34. The van der Waals surface area contributed by atoms with Crippen molar-refractivity contribution in [3.63, 3.8) is 0 Å². The van der Waals surface area contributed by atoms with Gasteiger partial charge in [-0.3, -0.25) is 4.79 Å². The van der Waals surface area contributed by atoms with Gasteiger partial charge in [-0.2, -0.15) is 0 Å². The zero-order valence-electron chi connectivity index (χ0n) is 15.3. The number of methoxy groups -OCH3 is 1. The number of ether oxygens (including phenoxy) is 1. The Morgan fingerprint density at radius 1 is 1.28 bits per heavy atom. The number of hydrogen-bond donors (Lipinski definition) is 2. The fraction of sp³-hybridized carbons (Fsp3) is 0.421. The van der Waals surface area contributed by atoms with Crippen molar-refractivity contribution in [1.82, 2.24) is 15.3 Å². The van der Waals surface area contributed by atoms with Gasteiger partial charge < -0.3 is 15.4 Å². The van der Waals surface area contributed by atoms with E-state index in [2.05, 4.69) is 26.7 Å². The van der Waals surface area contributed by atoms with E-state index in [0.29, 0.717) is 23.9 Å². The highest BCUT2D eigenvalue weighted by atomic mass is 16.5. The molecule has 0 aliphatic rings. The summed E-state index contributed by atoms with van der Waals surface area (Å²) in [7, 11) is 1.66. The van der Waals surface area contributed by atoms with Crippen molar-refractivity contribution in [3.05, 3.63) is 47.4 Å². The van der Waals surface area contributed by atoms with Crippen molar-refractivity contribution in [2.45, 2.75) is 39.7 Å². The van der Waals surface area contributed by atoms with Crippen LogP contribution in [0.1, 0.15) is 42.1 Å². The van der Waals surface area contributed by atoms with Gasteiger partial charge in [-0.05, 0) is 44.4 Å². The molecule has 1 aromatic carbocycles. The monoisotopic (exact) mass is 342 g/mol. The van der Waals surface area contributed by atoms with Crippen molar-refractivity contribution < 1.29 is 9.53 Å². The van der Waals surface area contributed by atoms with E-state index in [-0.39, 0.29) is 11.9 Å². The first kappa shape index (κ1) is 18.7. The highest BCUT2D eigenvalue weighted by molar-refractivity contribution is 5.93. The van der Waals surface area contributed by atoms with E-state index < -0.39 is 0 Å². The number of benzene rings is 1. The summed E-state index contributed by atoms with van der Waals surface area (Å²) in [4.78, 5) is 20.8. The highest BCUT2D eigenvalue weighted by Crippen LogP contribution is 2.13.